The molecule has 0 amide bonds. The van der Waals surface area contributed by atoms with Gasteiger partial charge in [0.15, 0.2) is 0 Å². The quantitative estimate of drug-likeness (QED) is 0.898. The largest absolute Gasteiger partial charge is 0.384 e. The van der Waals surface area contributed by atoms with E-state index < -0.39 is 0 Å². The first-order chi connectivity index (χ1) is 8.67. The first-order valence-electron chi connectivity index (χ1n) is 6.18. The number of hydrogen-bond donors (Lipinski definition) is 1. The van der Waals surface area contributed by atoms with Gasteiger partial charge in [-0.2, -0.15) is 0 Å². The Kier molecular flexibility index (Phi) is 4.17. The molecule has 2 nitrogen and oxygen atoms in total. The van der Waals surface area contributed by atoms with E-state index in [1.54, 1.807) is 6.07 Å². The second kappa shape index (κ2) is 5.65. The number of anilines is 1. The van der Waals surface area contributed by atoms with E-state index in [2.05, 4.69) is 33.2 Å². The molecule has 0 fully saturated rings. The first kappa shape index (κ1) is 13.3. The lowest BCUT2D eigenvalue weighted by Crippen LogP contribution is -2.03. The Morgan fingerprint density at radius 2 is 2.11 bits per heavy atom. The third-order valence-electron chi connectivity index (χ3n) is 2.84. The van der Waals surface area contributed by atoms with Crippen molar-refractivity contribution in [2.24, 2.45) is 0 Å². The molecular weight excluding hydrogens is 295 g/mol. The molecular formula is C14H16BrFN2. The zero-order valence-electron chi connectivity index (χ0n) is 10.6. The molecule has 0 bridgehead atoms. The van der Waals surface area contributed by atoms with Crippen LogP contribution in [0.15, 0.2) is 22.7 Å². The number of aromatic nitrogens is 1. The highest BCUT2D eigenvalue weighted by Gasteiger charge is 2.12. The number of pyridine rings is 1. The van der Waals surface area contributed by atoms with Crippen LogP contribution in [-0.4, -0.2) is 11.5 Å². The summed E-state index contributed by atoms with van der Waals surface area (Å²) in [6, 6.07) is 5.11. The van der Waals surface area contributed by atoms with Crippen molar-refractivity contribution in [3.05, 3.63) is 34.2 Å². The number of halogens is 2. The van der Waals surface area contributed by atoms with Crippen LogP contribution in [0.1, 0.15) is 26.0 Å². The maximum Gasteiger partial charge on any atom is 0.134 e. The van der Waals surface area contributed by atoms with E-state index in [0.717, 1.165) is 35.2 Å². The summed E-state index contributed by atoms with van der Waals surface area (Å²) in [5, 5.41) is 3.84. The predicted molar refractivity (Wildman–Crippen MR) is 77.6 cm³/mol. The normalized spacial score (nSPS) is 10.9. The molecule has 0 aliphatic carbocycles. The van der Waals surface area contributed by atoms with Gasteiger partial charge in [-0.05, 0) is 47.0 Å². The van der Waals surface area contributed by atoms with Crippen LogP contribution in [0.2, 0.25) is 0 Å². The Hall–Kier alpha value is -1.16. The summed E-state index contributed by atoms with van der Waals surface area (Å²) in [6.45, 7) is 4.96. The highest BCUT2D eigenvalue weighted by Crippen LogP contribution is 2.31. The third kappa shape index (κ3) is 2.48. The van der Waals surface area contributed by atoms with Gasteiger partial charge in [-0.15, -0.1) is 0 Å². The SMILES string of the molecule is CCCNc1cc(CC)nc2c(Br)ccc(F)c12. The Morgan fingerprint density at radius 3 is 2.78 bits per heavy atom. The second-order valence-corrected chi connectivity index (χ2v) is 5.05. The van der Waals surface area contributed by atoms with E-state index in [9.17, 15) is 4.39 Å². The summed E-state index contributed by atoms with van der Waals surface area (Å²) in [5.41, 5.74) is 2.48. The van der Waals surface area contributed by atoms with Gasteiger partial charge in [0.05, 0.1) is 10.9 Å². The van der Waals surface area contributed by atoms with Gasteiger partial charge in [0.25, 0.3) is 0 Å². The van der Waals surface area contributed by atoms with Crippen LogP contribution >= 0.6 is 15.9 Å². The highest BCUT2D eigenvalue weighted by molar-refractivity contribution is 9.10. The summed E-state index contributed by atoms with van der Waals surface area (Å²) in [6.07, 6.45) is 1.83. The van der Waals surface area contributed by atoms with Crippen LogP contribution in [0.5, 0.6) is 0 Å². The molecule has 96 valence electrons. The molecule has 1 aromatic carbocycles. The average Bonchev–Trinajstić information content (AvgIpc) is 2.39. The molecule has 0 saturated heterocycles. The van der Waals surface area contributed by atoms with Crippen molar-refractivity contribution in [1.82, 2.24) is 4.98 Å². The van der Waals surface area contributed by atoms with Crippen LogP contribution < -0.4 is 5.32 Å². The molecule has 0 spiro atoms. The lowest BCUT2D eigenvalue weighted by molar-refractivity contribution is 0.639. The van der Waals surface area contributed by atoms with Crippen molar-refractivity contribution in [3.63, 3.8) is 0 Å². The molecule has 1 aromatic heterocycles. The van der Waals surface area contributed by atoms with Crippen molar-refractivity contribution in [3.8, 4) is 0 Å². The van der Waals surface area contributed by atoms with Crippen molar-refractivity contribution < 1.29 is 4.39 Å². The molecule has 18 heavy (non-hydrogen) atoms. The molecule has 0 radical (unpaired) electrons. The summed E-state index contributed by atoms with van der Waals surface area (Å²) in [7, 11) is 0. The molecule has 2 rings (SSSR count). The lowest BCUT2D eigenvalue weighted by Gasteiger charge is -2.12. The number of rotatable bonds is 4. The van der Waals surface area contributed by atoms with Crippen LogP contribution in [0, 0.1) is 5.82 Å². The van der Waals surface area contributed by atoms with Gasteiger partial charge in [-0.25, -0.2) is 4.39 Å². The van der Waals surface area contributed by atoms with Crippen molar-refractivity contribution in [2.75, 3.05) is 11.9 Å². The zero-order chi connectivity index (χ0) is 13.1. The van der Waals surface area contributed by atoms with Gasteiger partial charge in [-0.1, -0.05) is 13.8 Å². The average molecular weight is 311 g/mol. The fourth-order valence-electron chi connectivity index (χ4n) is 1.90. The van der Waals surface area contributed by atoms with E-state index in [4.69, 9.17) is 0 Å². The summed E-state index contributed by atoms with van der Waals surface area (Å²) >= 11 is 3.44. The molecule has 1 heterocycles. The Morgan fingerprint density at radius 1 is 1.33 bits per heavy atom. The Labute approximate surface area is 115 Å². The summed E-state index contributed by atoms with van der Waals surface area (Å²) in [4.78, 5) is 4.50. The summed E-state index contributed by atoms with van der Waals surface area (Å²) < 4.78 is 14.8. The fraction of sp³-hybridized carbons (Fsp3) is 0.357. The van der Waals surface area contributed by atoms with Crippen LogP contribution in [-0.2, 0) is 6.42 Å². The minimum atomic E-state index is -0.234. The number of nitrogens with zero attached hydrogens (tertiary/aromatic N) is 1. The molecule has 0 saturated carbocycles. The van der Waals surface area contributed by atoms with E-state index in [1.165, 1.54) is 6.07 Å². The highest BCUT2D eigenvalue weighted by atomic mass is 79.9. The standard InChI is InChI=1S/C14H16BrFN2/c1-3-7-17-12-8-9(4-2)18-14-10(15)5-6-11(16)13(12)14/h5-6,8H,3-4,7H2,1-2H3,(H,17,18). The molecule has 4 heteroatoms. The summed E-state index contributed by atoms with van der Waals surface area (Å²) in [5.74, 6) is -0.234. The molecule has 1 N–H and O–H groups in total. The fourth-order valence-corrected chi connectivity index (χ4v) is 2.32. The van der Waals surface area contributed by atoms with Crippen molar-refractivity contribution >= 4 is 32.5 Å². The van der Waals surface area contributed by atoms with Crippen LogP contribution in [0.4, 0.5) is 10.1 Å². The minimum absolute atomic E-state index is 0.234. The Balaban J connectivity index is 2.68. The van der Waals surface area contributed by atoms with Gasteiger partial charge < -0.3 is 5.32 Å². The van der Waals surface area contributed by atoms with Crippen molar-refractivity contribution in [1.29, 1.82) is 0 Å². The van der Waals surface area contributed by atoms with E-state index in [0.29, 0.717) is 10.9 Å². The zero-order valence-corrected chi connectivity index (χ0v) is 12.1. The maximum atomic E-state index is 14.0. The van der Waals surface area contributed by atoms with Gasteiger partial charge in [0.2, 0.25) is 0 Å². The topological polar surface area (TPSA) is 24.9 Å². The van der Waals surface area contributed by atoms with E-state index in [1.807, 2.05) is 13.0 Å². The number of aryl methyl sites for hydroxylation is 1. The van der Waals surface area contributed by atoms with E-state index in [-0.39, 0.29) is 5.82 Å². The molecule has 0 atom stereocenters. The number of fused-ring (bicyclic) bond motifs is 1. The third-order valence-corrected chi connectivity index (χ3v) is 3.48. The van der Waals surface area contributed by atoms with Crippen molar-refractivity contribution in [2.45, 2.75) is 26.7 Å². The Bertz CT molecular complexity index is 569. The van der Waals surface area contributed by atoms with E-state index >= 15 is 0 Å². The maximum absolute atomic E-state index is 14.0. The van der Waals surface area contributed by atoms with Gasteiger partial charge in [-0.3, -0.25) is 4.98 Å². The second-order valence-electron chi connectivity index (χ2n) is 4.19. The smallest absolute Gasteiger partial charge is 0.134 e. The monoisotopic (exact) mass is 310 g/mol. The molecule has 0 aliphatic heterocycles. The van der Waals surface area contributed by atoms with Gasteiger partial charge >= 0.3 is 0 Å². The van der Waals surface area contributed by atoms with Gasteiger partial charge in [0.1, 0.15) is 5.82 Å². The molecule has 2 aromatic rings. The minimum Gasteiger partial charge on any atom is -0.384 e. The molecule has 0 unspecified atom stereocenters. The number of benzene rings is 1. The van der Waals surface area contributed by atoms with Gasteiger partial charge in [0, 0.05) is 22.4 Å². The number of hydrogen-bond acceptors (Lipinski definition) is 2. The predicted octanol–water partition coefficient (Wildman–Crippen LogP) is 4.52. The lowest BCUT2D eigenvalue weighted by atomic mass is 10.1. The molecule has 0 aliphatic rings. The first-order valence-corrected chi connectivity index (χ1v) is 6.98. The van der Waals surface area contributed by atoms with Crippen LogP contribution in [0.25, 0.3) is 10.9 Å². The number of nitrogens with one attached hydrogen (secondary N) is 1. The van der Waals surface area contributed by atoms with Crippen LogP contribution in [0.3, 0.4) is 0 Å².